The normalized spacial score (nSPS) is 10.8. The predicted octanol–water partition coefficient (Wildman–Crippen LogP) is 4.38. The molecule has 1 amide bonds. The summed E-state index contributed by atoms with van der Waals surface area (Å²) < 4.78 is 10.5. The maximum Gasteiger partial charge on any atom is 0.345 e. The van der Waals surface area contributed by atoms with E-state index >= 15 is 0 Å². The van der Waals surface area contributed by atoms with Crippen molar-refractivity contribution in [2.75, 3.05) is 0 Å². The van der Waals surface area contributed by atoms with Crippen LogP contribution in [-0.2, 0) is 11.3 Å². The molecular formula is C22H15ClN2O4. The number of carbonyl (C=O) groups excluding carboxylic acids is 2. The van der Waals surface area contributed by atoms with Gasteiger partial charge < -0.3 is 14.5 Å². The largest absolute Gasteiger partial charge is 0.467 e. The highest BCUT2D eigenvalue weighted by molar-refractivity contribution is 6.33. The number of ether oxygens (including phenoxy) is 1. The highest BCUT2D eigenvalue weighted by Gasteiger charge is 2.13. The molecule has 0 spiro atoms. The summed E-state index contributed by atoms with van der Waals surface area (Å²) in [6.45, 7) is 0.167. The van der Waals surface area contributed by atoms with E-state index in [4.69, 9.17) is 20.8 Å². The molecule has 7 heteroatoms. The average Bonchev–Trinajstić information content (AvgIpc) is 3.24. The Labute approximate surface area is 172 Å². The van der Waals surface area contributed by atoms with Gasteiger partial charge in [-0.15, -0.1) is 0 Å². The summed E-state index contributed by atoms with van der Waals surface area (Å²) in [6.07, 6.45) is 2.91. The molecule has 0 saturated heterocycles. The molecule has 0 radical (unpaired) electrons. The fraction of sp³-hybridized carbons (Fsp3) is 0.0455. The third-order valence-corrected chi connectivity index (χ3v) is 4.17. The van der Waals surface area contributed by atoms with Crippen LogP contribution in [0, 0.1) is 11.3 Å². The minimum atomic E-state index is -0.603. The Bertz CT molecular complexity index is 1100. The number of hydrogen-bond acceptors (Lipinski definition) is 5. The molecule has 3 aromatic rings. The molecule has 0 atom stereocenters. The Morgan fingerprint density at radius 3 is 2.69 bits per heavy atom. The van der Waals surface area contributed by atoms with Crippen LogP contribution in [-0.4, -0.2) is 11.9 Å². The summed E-state index contributed by atoms with van der Waals surface area (Å²) in [6, 6.07) is 18.3. The Hall–Kier alpha value is -3.82. The molecule has 29 heavy (non-hydrogen) atoms. The molecule has 0 bridgehead atoms. The lowest BCUT2D eigenvalue weighted by Gasteiger charge is -2.07. The number of amides is 1. The zero-order valence-corrected chi connectivity index (χ0v) is 15.8. The topological polar surface area (TPSA) is 92.3 Å². The van der Waals surface area contributed by atoms with Crippen molar-refractivity contribution in [2.45, 2.75) is 6.54 Å². The molecule has 1 heterocycles. The molecule has 0 saturated carbocycles. The van der Waals surface area contributed by atoms with Gasteiger partial charge in [-0.05, 0) is 48.0 Å². The Morgan fingerprint density at radius 1 is 1.14 bits per heavy atom. The van der Waals surface area contributed by atoms with Crippen LogP contribution in [0.2, 0.25) is 5.02 Å². The second kappa shape index (κ2) is 9.40. The van der Waals surface area contributed by atoms with Gasteiger partial charge in [0.2, 0.25) is 0 Å². The third-order valence-electron chi connectivity index (χ3n) is 3.84. The van der Waals surface area contributed by atoms with E-state index in [-0.39, 0.29) is 28.5 Å². The van der Waals surface area contributed by atoms with Crippen LogP contribution in [0.5, 0.6) is 5.75 Å². The number of nitrogens with one attached hydrogen (secondary N) is 1. The second-order valence-corrected chi connectivity index (χ2v) is 6.28. The molecule has 0 unspecified atom stereocenters. The van der Waals surface area contributed by atoms with Crippen LogP contribution in [0.3, 0.4) is 0 Å². The Balaban J connectivity index is 1.72. The van der Waals surface area contributed by atoms with Gasteiger partial charge in [-0.3, -0.25) is 4.79 Å². The fourth-order valence-electron chi connectivity index (χ4n) is 2.45. The monoisotopic (exact) mass is 406 g/mol. The van der Waals surface area contributed by atoms with E-state index in [0.717, 1.165) is 0 Å². The van der Waals surface area contributed by atoms with Gasteiger partial charge in [-0.1, -0.05) is 35.9 Å². The summed E-state index contributed by atoms with van der Waals surface area (Å²) in [5.74, 6) is -0.308. The van der Waals surface area contributed by atoms with E-state index in [0.29, 0.717) is 11.3 Å². The first-order chi connectivity index (χ1) is 14.1. The van der Waals surface area contributed by atoms with Crippen LogP contribution in [0.4, 0.5) is 0 Å². The molecule has 0 aliphatic carbocycles. The van der Waals surface area contributed by atoms with Crippen molar-refractivity contribution in [2.24, 2.45) is 0 Å². The lowest BCUT2D eigenvalue weighted by atomic mass is 10.1. The van der Waals surface area contributed by atoms with Crippen molar-refractivity contribution in [3.8, 4) is 11.8 Å². The number of esters is 1. The second-order valence-electron chi connectivity index (χ2n) is 5.87. The molecule has 0 fully saturated rings. The van der Waals surface area contributed by atoms with E-state index < -0.39 is 11.9 Å². The van der Waals surface area contributed by atoms with E-state index in [2.05, 4.69) is 5.32 Å². The quantitative estimate of drug-likeness (QED) is 0.284. The van der Waals surface area contributed by atoms with Crippen LogP contribution >= 0.6 is 11.6 Å². The maximum atomic E-state index is 12.3. The van der Waals surface area contributed by atoms with Gasteiger partial charge in [-0.25, -0.2) is 4.79 Å². The van der Waals surface area contributed by atoms with Crippen LogP contribution in [0.1, 0.15) is 21.7 Å². The summed E-state index contributed by atoms with van der Waals surface area (Å²) in [4.78, 5) is 24.5. The van der Waals surface area contributed by atoms with Crippen LogP contribution in [0.15, 0.2) is 76.9 Å². The maximum absolute atomic E-state index is 12.3. The number of hydrogen-bond donors (Lipinski definition) is 1. The minimum absolute atomic E-state index is 0.0915. The van der Waals surface area contributed by atoms with Crippen molar-refractivity contribution < 1.29 is 18.7 Å². The molecule has 0 aliphatic heterocycles. The van der Waals surface area contributed by atoms with Gasteiger partial charge in [0.05, 0.1) is 23.4 Å². The van der Waals surface area contributed by atoms with Gasteiger partial charge >= 0.3 is 5.97 Å². The smallest absolute Gasteiger partial charge is 0.345 e. The molecule has 1 aromatic heterocycles. The van der Waals surface area contributed by atoms with Crippen molar-refractivity contribution in [3.63, 3.8) is 0 Å². The number of nitriles is 1. The lowest BCUT2D eigenvalue weighted by Crippen LogP contribution is -2.23. The number of furan rings is 1. The highest BCUT2D eigenvalue weighted by atomic mass is 35.5. The van der Waals surface area contributed by atoms with Gasteiger partial charge in [0.25, 0.3) is 5.91 Å². The summed E-state index contributed by atoms with van der Waals surface area (Å²) >= 11 is 6.01. The van der Waals surface area contributed by atoms with E-state index in [1.807, 2.05) is 6.07 Å². The van der Waals surface area contributed by atoms with Crippen molar-refractivity contribution >= 4 is 29.6 Å². The molecule has 3 rings (SSSR count). The average molecular weight is 407 g/mol. The minimum Gasteiger partial charge on any atom is -0.467 e. The first-order valence-electron chi connectivity index (χ1n) is 8.56. The SMILES string of the molecule is N#CC(=Cc1cccc(OC(=O)c2ccccc2Cl)c1)C(=O)NCc1ccco1. The number of rotatable bonds is 6. The van der Waals surface area contributed by atoms with Gasteiger partial charge in [0.1, 0.15) is 23.2 Å². The standard InChI is InChI=1S/C22H15ClN2O4/c23-20-9-2-1-8-19(20)22(27)29-17-6-3-5-15(12-17)11-16(13-24)21(26)25-14-18-7-4-10-28-18/h1-12H,14H2,(H,25,26). The Morgan fingerprint density at radius 2 is 1.97 bits per heavy atom. The molecule has 0 aliphatic rings. The number of halogens is 1. The first-order valence-corrected chi connectivity index (χ1v) is 8.94. The fourth-order valence-corrected chi connectivity index (χ4v) is 2.66. The molecule has 1 N–H and O–H groups in total. The van der Waals surface area contributed by atoms with Crippen LogP contribution < -0.4 is 10.1 Å². The van der Waals surface area contributed by atoms with Crippen molar-refractivity contribution in [1.29, 1.82) is 5.26 Å². The molecular weight excluding hydrogens is 392 g/mol. The van der Waals surface area contributed by atoms with Gasteiger partial charge in [0.15, 0.2) is 0 Å². The van der Waals surface area contributed by atoms with E-state index in [9.17, 15) is 14.9 Å². The summed E-state index contributed by atoms with van der Waals surface area (Å²) in [5.41, 5.74) is 0.676. The molecule has 144 valence electrons. The first kappa shape index (κ1) is 19.9. The van der Waals surface area contributed by atoms with E-state index in [1.165, 1.54) is 12.3 Å². The lowest BCUT2D eigenvalue weighted by molar-refractivity contribution is -0.117. The van der Waals surface area contributed by atoms with Crippen molar-refractivity contribution in [1.82, 2.24) is 5.32 Å². The zero-order valence-electron chi connectivity index (χ0n) is 15.1. The van der Waals surface area contributed by atoms with Gasteiger partial charge in [-0.2, -0.15) is 5.26 Å². The predicted molar refractivity (Wildman–Crippen MR) is 107 cm³/mol. The number of benzene rings is 2. The number of nitrogens with zero attached hydrogens (tertiary/aromatic N) is 1. The molecule has 2 aromatic carbocycles. The summed E-state index contributed by atoms with van der Waals surface area (Å²) in [5, 5.41) is 12.2. The van der Waals surface area contributed by atoms with Gasteiger partial charge in [0, 0.05) is 0 Å². The highest BCUT2D eigenvalue weighted by Crippen LogP contribution is 2.20. The third kappa shape index (κ3) is 5.34. The summed E-state index contributed by atoms with van der Waals surface area (Å²) in [7, 11) is 0. The van der Waals surface area contributed by atoms with Crippen LogP contribution in [0.25, 0.3) is 6.08 Å². The van der Waals surface area contributed by atoms with Crippen molar-refractivity contribution in [3.05, 3.63) is 94.4 Å². The van der Waals surface area contributed by atoms with E-state index in [1.54, 1.807) is 60.7 Å². The Kier molecular flexibility index (Phi) is 6.46. The zero-order chi connectivity index (χ0) is 20.6. The molecule has 6 nitrogen and oxygen atoms in total. The number of carbonyl (C=O) groups is 2.